The second kappa shape index (κ2) is 3.13. The molecule has 0 aromatic rings. The minimum atomic E-state index is -0.513. The average Bonchev–Trinajstić information content (AvgIpc) is 2.73. The van der Waals surface area contributed by atoms with Gasteiger partial charge in [0.1, 0.15) is 6.10 Å². The van der Waals surface area contributed by atoms with E-state index in [0.29, 0.717) is 12.0 Å². The minimum Gasteiger partial charge on any atom is -0.435 e. The maximum absolute atomic E-state index is 11.3. The Bertz CT molecular complexity index is 285. The van der Waals surface area contributed by atoms with Crippen molar-refractivity contribution >= 4 is 6.16 Å². The van der Waals surface area contributed by atoms with Gasteiger partial charge in [-0.15, -0.1) is 0 Å². The molecule has 3 atom stereocenters. The van der Waals surface area contributed by atoms with Crippen molar-refractivity contribution in [2.75, 3.05) is 6.61 Å². The van der Waals surface area contributed by atoms with Crippen LogP contribution in [-0.2, 0) is 9.47 Å². The van der Waals surface area contributed by atoms with Gasteiger partial charge < -0.3 is 9.47 Å². The van der Waals surface area contributed by atoms with Crippen LogP contribution in [0.4, 0.5) is 4.79 Å². The molecule has 2 rings (SSSR count). The summed E-state index contributed by atoms with van der Waals surface area (Å²) in [5.74, 6) is 0.743. The van der Waals surface area contributed by atoms with Gasteiger partial charge in [0, 0.05) is 5.41 Å². The first-order chi connectivity index (χ1) is 6.91. The number of ether oxygens (including phenoxy) is 2. The molecule has 2 aliphatic rings. The summed E-state index contributed by atoms with van der Waals surface area (Å²) in [5, 5.41) is 0. The van der Waals surface area contributed by atoms with Crippen molar-refractivity contribution in [1.82, 2.24) is 0 Å². The molecule has 0 N–H and O–H groups in total. The first kappa shape index (κ1) is 10.8. The van der Waals surface area contributed by atoms with E-state index in [4.69, 9.17) is 9.47 Å². The molecule has 0 saturated heterocycles. The zero-order chi connectivity index (χ0) is 11.3. The first-order valence-corrected chi connectivity index (χ1v) is 5.75. The molecule has 2 saturated carbocycles. The third-order valence-corrected chi connectivity index (χ3v) is 4.69. The monoisotopic (exact) mass is 212 g/mol. The van der Waals surface area contributed by atoms with Crippen LogP contribution in [0.1, 0.15) is 40.5 Å². The summed E-state index contributed by atoms with van der Waals surface area (Å²) < 4.78 is 10.2. The molecular weight excluding hydrogens is 192 g/mol. The highest BCUT2D eigenvalue weighted by Gasteiger charge is 2.68. The van der Waals surface area contributed by atoms with Crippen molar-refractivity contribution in [2.24, 2.45) is 16.7 Å². The van der Waals surface area contributed by atoms with E-state index in [9.17, 15) is 4.79 Å². The Morgan fingerprint density at radius 2 is 2.07 bits per heavy atom. The van der Waals surface area contributed by atoms with Crippen LogP contribution in [0.3, 0.4) is 0 Å². The molecule has 2 fully saturated rings. The van der Waals surface area contributed by atoms with Gasteiger partial charge in [-0.2, -0.15) is 0 Å². The Hall–Kier alpha value is -0.730. The van der Waals surface area contributed by atoms with Gasteiger partial charge in [-0.05, 0) is 31.1 Å². The third-order valence-electron chi connectivity index (χ3n) is 4.69. The predicted octanol–water partition coefficient (Wildman–Crippen LogP) is 2.98. The van der Waals surface area contributed by atoms with Gasteiger partial charge >= 0.3 is 6.16 Å². The number of rotatable bonds is 2. The fourth-order valence-corrected chi connectivity index (χ4v) is 2.97. The van der Waals surface area contributed by atoms with E-state index in [1.807, 2.05) is 0 Å². The highest BCUT2D eigenvalue weighted by molar-refractivity contribution is 5.60. The largest absolute Gasteiger partial charge is 0.508 e. The summed E-state index contributed by atoms with van der Waals surface area (Å²) in [4.78, 5) is 11.3. The van der Waals surface area contributed by atoms with Gasteiger partial charge in [0.2, 0.25) is 0 Å². The van der Waals surface area contributed by atoms with Crippen LogP contribution >= 0.6 is 0 Å². The Labute approximate surface area is 91.1 Å². The molecule has 15 heavy (non-hydrogen) atoms. The molecular formula is C12H20O3. The molecule has 0 spiro atoms. The lowest BCUT2D eigenvalue weighted by Gasteiger charge is -2.34. The van der Waals surface area contributed by atoms with Gasteiger partial charge in [0.15, 0.2) is 0 Å². The van der Waals surface area contributed by atoms with Crippen molar-refractivity contribution in [3.05, 3.63) is 0 Å². The maximum atomic E-state index is 11.3. The van der Waals surface area contributed by atoms with Gasteiger partial charge in [0.05, 0.1) is 6.61 Å². The molecule has 3 nitrogen and oxygen atoms in total. The highest BCUT2D eigenvalue weighted by Crippen LogP contribution is 2.72. The molecule has 2 aliphatic carbocycles. The van der Waals surface area contributed by atoms with E-state index < -0.39 is 6.16 Å². The lowest BCUT2D eigenvalue weighted by atomic mass is 9.76. The topological polar surface area (TPSA) is 35.5 Å². The zero-order valence-electron chi connectivity index (χ0n) is 10.0. The summed E-state index contributed by atoms with van der Waals surface area (Å²) in [6, 6.07) is 0. The lowest BCUT2D eigenvalue weighted by molar-refractivity contribution is -0.0279. The maximum Gasteiger partial charge on any atom is 0.508 e. The van der Waals surface area contributed by atoms with Crippen LogP contribution in [0.15, 0.2) is 0 Å². The Balaban J connectivity index is 1.98. The zero-order valence-corrected chi connectivity index (χ0v) is 10.0. The van der Waals surface area contributed by atoms with Crippen LogP contribution in [0.25, 0.3) is 0 Å². The number of hydrogen-bond donors (Lipinski definition) is 0. The number of carbonyl (C=O) groups excluding carboxylic acids is 1. The molecule has 86 valence electrons. The van der Waals surface area contributed by atoms with Crippen molar-refractivity contribution in [1.29, 1.82) is 0 Å². The highest BCUT2D eigenvalue weighted by atomic mass is 16.7. The molecule has 0 aliphatic heterocycles. The molecule has 0 heterocycles. The van der Waals surface area contributed by atoms with Crippen LogP contribution in [0, 0.1) is 16.7 Å². The van der Waals surface area contributed by atoms with E-state index in [-0.39, 0.29) is 11.5 Å². The van der Waals surface area contributed by atoms with Gasteiger partial charge in [-0.25, -0.2) is 4.79 Å². The third kappa shape index (κ3) is 1.44. The smallest absolute Gasteiger partial charge is 0.435 e. The quantitative estimate of drug-likeness (QED) is 0.660. The van der Waals surface area contributed by atoms with Gasteiger partial charge in [-0.1, -0.05) is 20.8 Å². The molecule has 0 radical (unpaired) electrons. The predicted molar refractivity (Wildman–Crippen MR) is 56.5 cm³/mol. The van der Waals surface area contributed by atoms with Crippen molar-refractivity contribution in [2.45, 2.75) is 46.6 Å². The fourth-order valence-electron chi connectivity index (χ4n) is 2.97. The van der Waals surface area contributed by atoms with Gasteiger partial charge in [0.25, 0.3) is 0 Å². The van der Waals surface area contributed by atoms with Crippen LogP contribution in [0.5, 0.6) is 0 Å². The second-order valence-corrected chi connectivity index (χ2v) is 5.57. The first-order valence-electron chi connectivity index (χ1n) is 5.75. The Morgan fingerprint density at radius 3 is 2.53 bits per heavy atom. The number of hydrogen-bond acceptors (Lipinski definition) is 3. The van der Waals surface area contributed by atoms with Crippen LogP contribution < -0.4 is 0 Å². The molecule has 0 bridgehead atoms. The van der Waals surface area contributed by atoms with E-state index >= 15 is 0 Å². The Morgan fingerprint density at radius 1 is 1.40 bits per heavy atom. The van der Waals surface area contributed by atoms with Gasteiger partial charge in [-0.3, -0.25) is 0 Å². The van der Waals surface area contributed by atoms with Crippen LogP contribution in [-0.4, -0.2) is 18.9 Å². The Kier molecular flexibility index (Phi) is 2.25. The number of carbonyl (C=O) groups is 1. The molecule has 0 aromatic carbocycles. The van der Waals surface area contributed by atoms with E-state index in [2.05, 4.69) is 20.8 Å². The fraction of sp³-hybridized carbons (Fsp3) is 0.917. The minimum absolute atomic E-state index is 0.0281. The molecule has 0 amide bonds. The second-order valence-electron chi connectivity index (χ2n) is 5.57. The SMILES string of the molecule is CCOC(=O)OC1CC2CC2(C)C1(C)C. The lowest BCUT2D eigenvalue weighted by Crippen LogP contribution is -2.35. The summed E-state index contributed by atoms with van der Waals surface area (Å²) in [6.07, 6.45) is 1.80. The van der Waals surface area contributed by atoms with E-state index in [1.54, 1.807) is 6.92 Å². The standard InChI is InChI=1S/C12H20O3/c1-5-14-10(13)15-9-6-8-7-12(8,4)11(9,2)3/h8-9H,5-7H2,1-4H3. The van der Waals surface area contributed by atoms with E-state index in [0.717, 1.165) is 12.3 Å². The summed E-state index contributed by atoms with van der Waals surface area (Å²) in [5.41, 5.74) is 0.467. The summed E-state index contributed by atoms with van der Waals surface area (Å²) in [7, 11) is 0. The molecule has 3 unspecified atom stereocenters. The summed E-state index contributed by atoms with van der Waals surface area (Å²) in [6.45, 7) is 8.87. The normalized spacial score (nSPS) is 40.8. The van der Waals surface area contributed by atoms with Crippen molar-refractivity contribution in [3.8, 4) is 0 Å². The van der Waals surface area contributed by atoms with Crippen LogP contribution in [0.2, 0.25) is 0 Å². The summed E-state index contributed by atoms with van der Waals surface area (Å²) >= 11 is 0. The van der Waals surface area contributed by atoms with Crippen molar-refractivity contribution < 1.29 is 14.3 Å². The molecule has 0 aromatic heterocycles. The van der Waals surface area contributed by atoms with E-state index in [1.165, 1.54) is 6.42 Å². The van der Waals surface area contributed by atoms with Crippen molar-refractivity contribution in [3.63, 3.8) is 0 Å². The average molecular weight is 212 g/mol. The molecule has 3 heteroatoms. The number of fused-ring (bicyclic) bond motifs is 1.